The Bertz CT molecular complexity index is 532. The number of carbonyl (C=O) groups is 2. The average molecular weight is 292 g/mol. The van der Waals surface area contributed by atoms with E-state index >= 15 is 0 Å². The Morgan fingerprint density at radius 3 is 2.62 bits per heavy atom. The van der Waals surface area contributed by atoms with Gasteiger partial charge >= 0.3 is 12.0 Å². The lowest BCUT2D eigenvalue weighted by Gasteiger charge is -2.22. The molecular formula is C15H20N2O4. The van der Waals surface area contributed by atoms with Crippen LogP contribution in [0.5, 0.6) is 0 Å². The van der Waals surface area contributed by atoms with Crippen molar-refractivity contribution >= 4 is 12.0 Å². The van der Waals surface area contributed by atoms with Gasteiger partial charge in [-0.1, -0.05) is 31.2 Å². The lowest BCUT2D eigenvalue weighted by Crippen LogP contribution is -2.46. The quantitative estimate of drug-likeness (QED) is 0.771. The highest BCUT2D eigenvalue weighted by atomic mass is 16.4. The predicted octanol–water partition coefficient (Wildman–Crippen LogP) is 0.978. The number of carboxylic acid groups (broad SMARTS) is 1. The third kappa shape index (κ3) is 3.52. The van der Waals surface area contributed by atoms with E-state index < -0.39 is 24.1 Å². The van der Waals surface area contributed by atoms with Crippen LogP contribution in [0.15, 0.2) is 24.3 Å². The number of urea groups is 1. The summed E-state index contributed by atoms with van der Waals surface area (Å²) in [7, 11) is 0. The van der Waals surface area contributed by atoms with Gasteiger partial charge in [0.05, 0.1) is 6.10 Å². The summed E-state index contributed by atoms with van der Waals surface area (Å²) in [4.78, 5) is 24.4. The Morgan fingerprint density at radius 2 is 2.00 bits per heavy atom. The van der Waals surface area contributed by atoms with Crippen molar-refractivity contribution < 1.29 is 19.8 Å². The van der Waals surface area contributed by atoms with Gasteiger partial charge in [-0.3, -0.25) is 0 Å². The molecule has 1 aliphatic heterocycles. The van der Waals surface area contributed by atoms with Gasteiger partial charge in [0.25, 0.3) is 0 Å². The second-order valence-corrected chi connectivity index (χ2v) is 5.18. The summed E-state index contributed by atoms with van der Waals surface area (Å²) >= 11 is 0. The number of likely N-dealkylation sites (tertiary alicyclic amines) is 1. The topological polar surface area (TPSA) is 89.9 Å². The molecule has 0 radical (unpaired) electrons. The van der Waals surface area contributed by atoms with Gasteiger partial charge in [-0.25, -0.2) is 9.59 Å². The number of β-amino-alcohol motifs (C(OH)–C–C–N with tert-alkyl or cyclic N) is 1. The monoisotopic (exact) mass is 292 g/mol. The Labute approximate surface area is 123 Å². The van der Waals surface area contributed by atoms with Gasteiger partial charge < -0.3 is 20.4 Å². The van der Waals surface area contributed by atoms with Gasteiger partial charge in [-0.2, -0.15) is 0 Å². The fourth-order valence-electron chi connectivity index (χ4n) is 2.62. The van der Waals surface area contributed by atoms with Crippen LogP contribution in [0.3, 0.4) is 0 Å². The summed E-state index contributed by atoms with van der Waals surface area (Å²) in [6.45, 7) is 2.44. The first-order valence-electron chi connectivity index (χ1n) is 7.05. The van der Waals surface area contributed by atoms with Crippen molar-refractivity contribution in [3.05, 3.63) is 35.4 Å². The van der Waals surface area contributed by atoms with E-state index in [2.05, 4.69) is 5.32 Å². The van der Waals surface area contributed by atoms with E-state index in [1.54, 1.807) is 0 Å². The summed E-state index contributed by atoms with van der Waals surface area (Å²) in [6.07, 6.45) is 0.167. The van der Waals surface area contributed by atoms with E-state index in [0.29, 0.717) is 6.54 Å². The molecule has 1 fully saturated rings. The smallest absolute Gasteiger partial charge is 0.326 e. The minimum absolute atomic E-state index is 0.0538. The molecule has 0 unspecified atom stereocenters. The number of nitrogens with zero attached hydrogens (tertiary/aromatic N) is 1. The van der Waals surface area contributed by atoms with E-state index in [1.165, 1.54) is 4.90 Å². The molecule has 2 rings (SSSR count). The maximum Gasteiger partial charge on any atom is 0.326 e. The molecule has 1 saturated heterocycles. The fourth-order valence-corrected chi connectivity index (χ4v) is 2.62. The molecule has 0 bridgehead atoms. The molecule has 0 aliphatic carbocycles. The maximum atomic E-state index is 12.1. The molecule has 114 valence electrons. The van der Waals surface area contributed by atoms with Crippen LogP contribution in [0.25, 0.3) is 0 Å². The zero-order valence-corrected chi connectivity index (χ0v) is 12.0. The maximum absolute atomic E-state index is 12.1. The van der Waals surface area contributed by atoms with Crippen LogP contribution < -0.4 is 5.32 Å². The third-order valence-corrected chi connectivity index (χ3v) is 3.75. The molecule has 1 aromatic rings. The highest BCUT2D eigenvalue weighted by Gasteiger charge is 2.38. The number of carboxylic acids is 1. The van der Waals surface area contributed by atoms with E-state index in [9.17, 15) is 14.7 Å². The molecule has 2 atom stereocenters. The Balaban J connectivity index is 2.00. The van der Waals surface area contributed by atoms with Crippen LogP contribution in [0, 0.1) is 0 Å². The second-order valence-electron chi connectivity index (χ2n) is 5.18. The summed E-state index contributed by atoms with van der Waals surface area (Å²) < 4.78 is 0. The van der Waals surface area contributed by atoms with Crippen LogP contribution in [0.2, 0.25) is 0 Å². The standard InChI is InChI=1S/C15H20N2O4/c1-2-10-5-3-4-6-11(10)8-16-15(21)17-9-12(18)7-13(17)14(19)20/h3-6,12-13,18H,2,7-9H2,1H3,(H,16,21)(H,19,20)/t12-,13+/m1/s1. The highest BCUT2D eigenvalue weighted by Crippen LogP contribution is 2.18. The lowest BCUT2D eigenvalue weighted by atomic mass is 10.1. The van der Waals surface area contributed by atoms with Crippen molar-refractivity contribution in [1.29, 1.82) is 0 Å². The molecule has 1 aromatic carbocycles. The first-order chi connectivity index (χ1) is 10.0. The number of aliphatic carboxylic acids is 1. The first kappa shape index (κ1) is 15.3. The van der Waals surface area contributed by atoms with E-state index in [0.717, 1.165) is 17.5 Å². The SMILES string of the molecule is CCc1ccccc1CNC(=O)N1C[C@H](O)C[C@H]1C(=O)O. The molecule has 1 aliphatic rings. The van der Waals surface area contributed by atoms with Gasteiger partial charge in [0.1, 0.15) is 6.04 Å². The molecule has 6 nitrogen and oxygen atoms in total. The molecule has 0 spiro atoms. The third-order valence-electron chi connectivity index (χ3n) is 3.75. The molecule has 0 saturated carbocycles. The number of benzene rings is 1. The molecule has 0 aromatic heterocycles. The van der Waals surface area contributed by atoms with Crippen molar-refractivity contribution in [2.24, 2.45) is 0 Å². The Kier molecular flexibility index (Phi) is 4.80. The van der Waals surface area contributed by atoms with Crippen LogP contribution in [0.4, 0.5) is 4.79 Å². The number of hydrogen-bond donors (Lipinski definition) is 3. The lowest BCUT2D eigenvalue weighted by molar-refractivity contribution is -0.141. The number of hydrogen-bond acceptors (Lipinski definition) is 3. The van der Waals surface area contributed by atoms with Crippen molar-refractivity contribution in [3.63, 3.8) is 0 Å². The Hall–Kier alpha value is -2.08. The summed E-state index contributed by atoms with van der Waals surface area (Å²) in [5.74, 6) is -1.09. The van der Waals surface area contributed by atoms with Crippen LogP contribution >= 0.6 is 0 Å². The van der Waals surface area contributed by atoms with Gasteiger partial charge in [-0.05, 0) is 17.5 Å². The van der Waals surface area contributed by atoms with Crippen molar-refractivity contribution in [1.82, 2.24) is 10.2 Å². The van der Waals surface area contributed by atoms with E-state index in [4.69, 9.17) is 5.11 Å². The number of aliphatic hydroxyl groups excluding tert-OH is 1. The summed E-state index contributed by atoms with van der Waals surface area (Å²) in [5, 5.41) is 21.4. The van der Waals surface area contributed by atoms with Gasteiger partial charge in [0.2, 0.25) is 0 Å². The highest BCUT2D eigenvalue weighted by molar-refractivity contribution is 5.83. The molecule has 3 N–H and O–H groups in total. The summed E-state index contributed by atoms with van der Waals surface area (Å²) in [6, 6.07) is 6.38. The molecule has 6 heteroatoms. The van der Waals surface area contributed by atoms with Gasteiger partial charge in [0.15, 0.2) is 0 Å². The predicted molar refractivity (Wildman–Crippen MR) is 76.8 cm³/mol. The number of aryl methyl sites for hydroxylation is 1. The minimum atomic E-state index is -1.09. The number of carbonyl (C=O) groups excluding carboxylic acids is 1. The van der Waals surface area contributed by atoms with Gasteiger partial charge in [0, 0.05) is 19.5 Å². The summed E-state index contributed by atoms with van der Waals surface area (Å²) in [5.41, 5.74) is 2.16. The first-order valence-corrected chi connectivity index (χ1v) is 7.05. The Morgan fingerprint density at radius 1 is 1.33 bits per heavy atom. The fraction of sp³-hybridized carbons (Fsp3) is 0.467. The number of amides is 2. The number of rotatable bonds is 4. The zero-order chi connectivity index (χ0) is 15.4. The zero-order valence-electron chi connectivity index (χ0n) is 12.0. The van der Waals surface area contributed by atoms with Crippen LogP contribution in [-0.4, -0.2) is 45.8 Å². The van der Waals surface area contributed by atoms with Crippen LogP contribution in [0.1, 0.15) is 24.5 Å². The molecule has 2 amide bonds. The second kappa shape index (κ2) is 6.58. The number of aliphatic hydroxyl groups is 1. The largest absolute Gasteiger partial charge is 0.480 e. The molecular weight excluding hydrogens is 272 g/mol. The van der Waals surface area contributed by atoms with Crippen molar-refractivity contribution in [3.8, 4) is 0 Å². The van der Waals surface area contributed by atoms with Crippen molar-refractivity contribution in [2.75, 3.05) is 6.54 Å². The van der Waals surface area contributed by atoms with Crippen LogP contribution in [-0.2, 0) is 17.8 Å². The van der Waals surface area contributed by atoms with Crippen molar-refractivity contribution in [2.45, 2.75) is 38.5 Å². The average Bonchev–Trinajstić information content (AvgIpc) is 2.87. The van der Waals surface area contributed by atoms with E-state index in [-0.39, 0.29) is 13.0 Å². The molecule has 21 heavy (non-hydrogen) atoms. The normalized spacial score (nSPS) is 21.3. The van der Waals surface area contributed by atoms with Gasteiger partial charge in [-0.15, -0.1) is 0 Å². The van der Waals surface area contributed by atoms with E-state index in [1.807, 2.05) is 31.2 Å². The number of nitrogens with one attached hydrogen (secondary N) is 1. The molecule has 1 heterocycles. The minimum Gasteiger partial charge on any atom is -0.480 e.